The Morgan fingerprint density at radius 3 is 2.70 bits per heavy atom. The quantitative estimate of drug-likeness (QED) is 0.756. The molecule has 0 bridgehead atoms. The summed E-state index contributed by atoms with van der Waals surface area (Å²) >= 11 is 3.47. The van der Waals surface area contributed by atoms with Crippen LogP contribution in [0.1, 0.15) is 31.8 Å². The average Bonchev–Trinajstić information content (AvgIpc) is 2.45. The molecule has 0 saturated carbocycles. The van der Waals surface area contributed by atoms with Crippen molar-refractivity contribution in [1.82, 2.24) is 15.0 Å². The summed E-state index contributed by atoms with van der Waals surface area (Å²) in [6.07, 6.45) is 3.76. The van der Waals surface area contributed by atoms with Gasteiger partial charge in [-0.3, -0.25) is 4.98 Å². The second-order valence-electron chi connectivity index (χ2n) is 4.55. The van der Waals surface area contributed by atoms with Gasteiger partial charge in [0.1, 0.15) is 16.2 Å². The predicted molar refractivity (Wildman–Crippen MR) is 84.7 cm³/mol. The SMILES string of the molecule is CCCc1nc(Br)cc(N(CC)Cc2ccccn2)n1. The summed E-state index contributed by atoms with van der Waals surface area (Å²) in [6, 6.07) is 7.94. The lowest BCUT2D eigenvalue weighted by atomic mass is 10.3. The molecule has 0 aliphatic heterocycles. The van der Waals surface area contributed by atoms with Crippen LogP contribution in [0.5, 0.6) is 0 Å². The molecule has 0 aliphatic rings. The maximum absolute atomic E-state index is 4.65. The van der Waals surface area contributed by atoms with Crippen LogP contribution in [0.15, 0.2) is 35.1 Å². The summed E-state index contributed by atoms with van der Waals surface area (Å²) in [4.78, 5) is 15.6. The van der Waals surface area contributed by atoms with Crippen LogP contribution in [0, 0.1) is 0 Å². The van der Waals surface area contributed by atoms with Gasteiger partial charge in [0.25, 0.3) is 0 Å². The van der Waals surface area contributed by atoms with Crippen LogP contribution in [0.3, 0.4) is 0 Å². The Labute approximate surface area is 128 Å². The van der Waals surface area contributed by atoms with Crippen molar-refractivity contribution in [2.75, 3.05) is 11.4 Å². The van der Waals surface area contributed by atoms with Crippen LogP contribution in [0.2, 0.25) is 0 Å². The summed E-state index contributed by atoms with van der Waals surface area (Å²) in [7, 11) is 0. The zero-order valence-corrected chi connectivity index (χ0v) is 13.5. The first-order valence-corrected chi connectivity index (χ1v) is 7.70. The van der Waals surface area contributed by atoms with Crippen molar-refractivity contribution in [3.8, 4) is 0 Å². The minimum absolute atomic E-state index is 0.756. The fourth-order valence-electron chi connectivity index (χ4n) is 1.99. The molecule has 0 atom stereocenters. The number of aromatic nitrogens is 3. The molecule has 0 unspecified atom stereocenters. The fraction of sp³-hybridized carbons (Fsp3) is 0.400. The van der Waals surface area contributed by atoms with Crippen molar-refractivity contribution in [1.29, 1.82) is 0 Å². The van der Waals surface area contributed by atoms with Crippen molar-refractivity contribution < 1.29 is 0 Å². The van der Waals surface area contributed by atoms with E-state index in [0.29, 0.717) is 0 Å². The molecule has 2 rings (SSSR count). The lowest BCUT2D eigenvalue weighted by Crippen LogP contribution is -2.24. The van der Waals surface area contributed by atoms with Gasteiger partial charge < -0.3 is 4.90 Å². The minimum Gasteiger partial charge on any atom is -0.351 e. The van der Waals surface area contributed by atoms with E-state index in [1.54, 1.807) is 0 Å². The molecule has 0 fully saturated rings. The second-order valence-corrected chi connectivity index (χ2v) is 5.36. The van der Waals surface area contributed by atoms with E-state index in [1.165, 1.54) is 0 Å². The number of hydrogen-bond acceptors (Lipinski definition) is 4. The number of aryl methyl sites for hydroxylation is 1. The van der Waals surface area contributed by atoms with Crippen LogP contribution in [-0.2, 0) is 13.0 Å². The average molecular weight is 335 g/mol. The number of anilines is 1. The number of hydrogen-bond donors (Lipinski definition) is 0. The van der Waals surface area contributed by atoms with Gasteiger partial charge in [-0.25, -0.2) is 9.97 Å². The van der Waals surface area contributed by atoms with E-state index in [0.717, 1.165) is 47.9 Å². The standard InChI is InChI=1S/C15H19BrN4/c1-3-7-14-18-13(16)10-15(19-14)20(4-2)11-12-8-5-6-9-17-12/h5-6,8-10H,3-4,7,11H2,1-2H3. The summed E-state index contributed by atoms with van der Waals surface area (Å²) in [6.45, 7) is 5.89. The Morgan fingerprint density at radius 2 is 2.05 bits per heavy atom. The molecule has 4 nitrogen and oxygen atoms in total. The third-order valence-electron chi connectivity index (χ3n) is 2.99. The molecule has 5 heteroatoms. The highest BCUT2D eigenvalue weighted by molar-refractivity contribution is 9.10. The molecule has 0 aliphatic carbocycles. The molecule has 2 aromatic rings. The molecule has 0 radical (unpaired) electrons. The number of halogens is 1. The molecule has 0 N–H and O–H groups in total. The summed E-state index contributed by atoms with van der Waals surface area (Å²) < 4.78 is 0.838. The van der Waals surface area contributed by atoms with Gasteiger partial charge in [-0.05, 0) is 41.4 Å². The smallest absolute Gasteiger partial charge is 0.133 e. The van der Waals surface area contributed by atoms with Gasteiger partial charge in [0.15, 0.2) is 0 Å². The van der Waals surface area contributed by atoms with Crippen LogP contribution in [-0.4, -0.2) is 21.5 Å². The Bertz CT molecular complexity index is 545. The van der Waals surface area contributed by atoms with Crippen molar-refractivity contribution in [3.05, 3.63) is 46.6 Å². The maximum atomic E-state index is 4.65. The lowest BCUT2D eigenvalue weighted by molar-refractivity contribution is 0.765. The summed E-state index contributed by atoms with van der Waals surface area (Å²) in [5.41, 5.74) is 1.04. The van der Waals surface area contributed by atoms with Gasteiger partial charge in [0, 0.05) is 25.2 Å². The predicted octanol–water partition coefficient (Wildman–Crippen LogP) is 3.61. The summed E-state index contributed by atoms with van der Waals surface area (Å²) in [5, 5.41) is 0. The highest BCUT2D eigenvalue weighted by atomic mass is 79.9. The van der Waals surface area contributed by atoms with Gasteiger partial charge in [0.2, 0.25) is 0 Å². The monoisotopic (exact) mass is 334 g/mol. The van der Waals surface area contributed by atoms with E-state index in [9.17, 15) is 0 Å². The molecule has 0 aromatic carbocycles. The van der Waals surface area contributed by atoms with Gasteiger partial charge in [-0.2, -0.15) is 0 Å². The van der Waals surface area contributed by atoms with E-state index in [4.69, 9.17) is 0 Å². The molecule has 2 aromatic heterocycles. The van der Waals surface area contributed by atoms with Crippen LogP contribution >= 0.6 is 15.9 Å². The van der Waals surface area contributed by atoms with Crippen molar-refractivity contribution in [3.63, 3.8) is 0 Å². The molecular formula is C15H19BrN4. The Morgan fingerprint density at radius 1 is 1.20 bits per heavy atom. The number of pyridine rings is 1. The molecule has 0 amide bonds. The van der Waals surface area contributed by atoms with E-state index < -0.39 is 0 Å². The van der Waals surface area contributed by atoms with Gasteiger partial charge in [0.05, 0.1) is 12.2 Å². The first-order chi connectivity index (χ1) is 9.72. The normalized spacial score (nSPS) is 10.6. The number of rotatable bonds is 6. The fourth-order valence-corrected chi connectivity index (χ4v) is 2.40. The van der Waals surface area contributed by atoms with Crippen molar-refractivity contribution in [2.24, 2.45) is 0 Å². The molecule has 20 heavy (non-hydrogen) atoms. The van der Waals surface area contributed by atoms with Gasteiger partial charge in [-0.1, -0.05) is 13.0 Å². The van der Waals surface area contributed by atoms with Crippen LogP contribution in [0.4, 0.5) is 5.82 Å². The molecule has 0 spiro atoms. The van der Waals surface area contributed by atoms with Crippen LogP contribution in [0.25, 0.3) is 0 Å². The van der Waals surface area contributed by atoms with Crippen molar-refractivity contribution in [2.45, 2.75) is 33.2 Å². The Hall–Kier alpha value is -1.49. The van der Waals surface area contributed by atoms with E-state index in [1.807, 2.05) is 30.5 Å². The number of nitrogens with zero attached hydrogens (tertiary/aromatic N) is 4. The molecular weight excluding hydrogens is 316 g/mol. The van der Waals surface area contributed by atoms with E-state index >= 15 is 0 Å². The summed E-state index contributed by atoms with van der Waals surface area (Å²) in [5.74, 6) is 1.83. The zero-order valence-electron chi connectivity index (χ0n) is 11.9. The second kappa shape index (κ2) is 7.33. The highest BCUT2D eigenvalue weighted by Crippen LogP contribution is 2.18. The molecule has 2 heterocycles. The highest BCUT2D eigenvalue weighted by Gasteiger charge is 2.10. The first kappa shape index (κ1) is 14.9. The largest absolute Gasteiger partial charge is 0.351 e. The third kappa shape index (κ3) is 4.00. The Kier molecular flexibility index (Phi) is 5.47. The van der Waals surface area contributed by atoms with Crippen LogP contribution < -0.4 is 4.90 Å². The Balaban J connectivity index is 2.22. The lowest BCUT2D eigenvalue weighted by Gasteiger charge is -2.22. The van der Waals surface area contributed by atoms with E-state index in [-0.39, 0.29) is 0 Å². The molecule has 0 saturated heterocycles. The van der Waals surface area contributed by atoms with Gasteiger partial charge >= 0.3 is 0 Å². The van der Waals surface area contributed by atoms with Crippen molar-refractivity contribution >= 4 is 21.7 Å². The van der Waals surface area contributed by atoms with Gasteiger partial charge in [-0.15, -0.1) is 0 Å². The zero-order chi connectivity index (χ0) is 14.4. The molecule has 106 valence electrons. The minimum atomic E-state index is 0.756. The third-order valence-corrected chi connectivity index (χ3v) is 3.39. The first-order valence-electron chi connectivity index (χ1n) is 6.91. The maximum Gasteiger partial charge on any atom is 0.133 e. The topological polar surface area (TPSA) is 41.9 Å². The van der Waals surface area contributed by atoms with E-state index in [2.05, 4.69) is 49.6 Å².